The SMILES string of the molecule is CCCCCCCCCCCC.CCCCCCCCCCCCO[PH](=O)OCCCCCCCCCCCC. The van der Waals surface area contributed by atoms with Crippen molar-refractivity contribution in [2.24, 2.45) is 0 Å². The molecular weight excluding hydrogens is 511 g/mol. The van der Waals surface area contributed by atoms with Crippen molar-refractivity contribution >= 4 is 8.25 Å². The molecule has 0 saturated carbocycles. The fourth-order valence-electron chi connectivity index (χ4n) is 5.09. The molecule has 0 heterocycles. The second-order valence-electron chi connectivity index (χ2n) is 12.1. The van der Waals surface area contributed by atoms with Crippen molar-refractivity contribution < 1.29 is 13.6 Å². The van der Waals surface area contributed by atoms with Gasteiger partial charge >= 0.3 is 8.25 Å². The van der Waals surface area contributed by atoms with Crippen LogP contribution in [-0.4, -0.2) is 13.2 Å². The van der Waals surface area contributed by atoms with Gasteiger partial charge in [0.25, 0.3) is 0 Å². The first-order valence-corrected chi connectivity index (χ1v) is 19.7. The van der Waals surface area contributed by atoms with Gasteiger partial charge < -0.3 is 9.05 Å². The lowest BCUT2D eigenvalue weighted by atomic mass is 10.1. The maximum atomic E-state index is 11.7. The summed E-state index contributed by atoms with van der Waals surface area (Å²) in [6.45, 7) is 10.3. The quantitative estimate of drug-likeness (QED) is 0.0565. The summed E-state index contributed by atoms with van der Waals surface area (Å²) in [5, 5.41) is 0. The van der Waals surface area contributed by atoms with Crippen LogP contribution >= 0.6 is 8.25 Å². The van der Waals surface area contributed by atoms with Crippen LogP contribution in [0.15, 0.2) is 0 Å². The minimum absolute atomic E-state index is 0.590. The van der Waals surface area contributed by atoms with Crippen LogP contribution in [0, 0.1) is 0 Å². The van der Waals surface area contributed by atoms with Gasteiger partial charge in [-0.1, -0.05) is 207 Å². The van der Waals surface area contributed by atoms with Crippen molar-refractivity contribution in [3.05, 3.63) is 0 Å². The lowest BCUT2D eigenvalue weighted by Crippen LogP contribution is -1.92. The fourth-order valence-corrected chi connectivity index (χ4v) is 5.80. The van der Waals surface area contributed by atoms with Crippen LogP contribution in [-0.2, 0) is 13.6 Å². The zero-order valence-corrected chi connectivity index (χ0v) is 29.4. The zero-order valence-electron chi connectivity index (χ0n) is 28.4. The summed E-state index contributed by atoms with van der Waals surface area (Å²) in [6, 6.07) is 0. The summed E-state index contributed by atoms with van der Waals surface area (Å²) in [5.74, 6) is 0. The third-order valence-electron chi connectivity index (χ3n) is 7.89. The van der Waals surface area contributed by atoms with Gasteiger partial charge in [0, 0.05) is 0 Å². The van der Waals surface area contributed by atoms with Crippen LogP contribution in [0.25, 0.3) is 0 Å². The Hall–Kier alpha value is 0.150. The van der Waals surface area contributed by atoms with Crippen molar-refractivity contribution in [2.75, 3.05) is 13.2 Å². The fraction of sp³-hybridized carbons (Fsp3) is 1.00. The topological polar surface area (TPSA) is 35.5 Å². The third kappa shape index (κ3) is 42.6. The van der Waals surface area contributed by atoms with Gasteiger partial charge in [-0.25, -0.2) is 0 Å². The molecule has 244 valence electrons. The summed E-state index contributed by atoms with van der Waals surface area (Å²) in [5.41, 5.74) is 0. The molecule has 0 bridgehead atoms. The first kappa shape index (κ1) is 42.3. The van der Waals surface area contributed by atoms with Crippen molar-refractivity contribution in [1.29, 1.82) is 0 Å². The number of hydrogen-bond donors (Lipinski definition) is 0. The average molecular weight is 589 g/mol. The van der Waals surface area contributed by atoms with E-state index in [2.05, 4.69) is 27.7 Å². The molecule has 0 radical (unpaired) electrons. The smallest absolute Gasteiger partial charge is 0.311 e. The van der Waals surface area contributed by atoms with Gasteiger partial charge in [-0.2, -0.15) is 0 Å². The standard InChI is InChI=1S/C24H51O3P.C12H26/c1-3-5-7-9-11-13-15-17-19-21-23-26-28(25)27-24-22-20-18-16-14-12-10-8-6-4-2;1-3-5-7-9-11-12-10-8-6-4-2/h28H,3-24H2,1-2H3;3-12H2,1-2H3. The highest BCUT2D eigenvalue weighted by atomic mass is 31.1. The third-order valence-corrected chi connectivity index (χ3v) is 8.77. The predicted molar refractivity (Wildman–Crippen MR) is 182 cm³/mol. The van der Waals surface area contributed by atoms with Gasteiger partial charge in [0.1, 0.15) is 0 Å². The Labute approximate surface area is 255 Å². The normalized spacial score (nSPS) is 11.2. The van der Waals surface area contributed by atoms with E-state index < -0.39 is 8.25 Å². The molecule has 0 amide bonds. The largest absolute Gasteiger partial charge is 0.319 e. The van der Waals surface area contributed by atoms with Crippen molar-refractivity contribution in [3.63, 3.8) is 0 Å². The Morgan fingerprint density at radius 1 is 0.300 bits per heavy atom. The van der Waals surface area contributed by atoms with Gasteiger partial charge in [0.05, 0.1) is 13.2 Å². The van der Waals surface area contributed by atoms with Gasteiger partial charge in [-0.15, -0.1) is 0 Å². The first-order chi connectivity index (χ1) is 19.7. The minimum atomic E-state index is -2.26. The van der Waals surface area contributed by atoms with Crippen LogP contribution in [0.5, 0.6) is 0 Å². The highest BCUT2D eigenvalue weighted by Gasteiger charge is 2.00. The number of rotatable bonds is 33. The van der Waals surface area contributed by atoms with Crippen molar-refractivity contribution in [1.82, 2.24) is 0 Å². The van der Waals surface area contributed by atoms with Crippen molar-refractivity contribution in [3.8, 4) is 0 Å². The van der Waals surface area contributed by atoms with E-state index in [1.54, 1.807) is 0 Å². The van der Waals surface area contributed by atoms with E-state index in [-0.39, 0.29) is 0 Å². The molecular formula is C36H77O3P. The lowest BCUT2D eigenvalue weighted by molar-refractivity contribution is 0.218. The molecule has 0 unspecified atom stereocenters. The monoisotopic (exact) mass is 589 g/mol. The molecule has 0 fully saturated rings. The van der Waals surface area contributed by atoms with Gasteiger partial charge in [-0.3, -0.25) is 4.57 Å². The molecule has 0 aliphatic heterocycles. The van der Waals surface area contributed by atoms with Crippen molar-refractivity contribution in [2.45, 2.75) is 220 Å². The molecule has 40 heavy (non-hydrogen) atoms. The highest BCUT2D eigenvalue weighted by molar-refractivity contribution is 7.33. The maximum Gasteiger partial charge on any atom is 0.319 e. The Balaban J connectivity index is 0. The summed E-state index contributed by atoms with van der Waals surface area (Å²) >= 11 is 0. The molecule has 0 rings (SSSR count). The molecule has 0 atom stereocenters. The summed E-state index contributed by atoms with van der Waals surface area (Å²) in [4.78, 5) is 0. The average Bonchev–Trinajstić information content (AvgIpc) is 2.96. The molecule has 0 N–H and O–H groups in total. The molecule has 0 aliphatic rings. The molecule has 0 spiro atoms. The summed E-state index contributed by atoms with van der Waals surface area (Å²) in [7, 11) is -2.26. The zero-order chi connectivity index (χ0) is 29.6. The number of unbranched alkanes of at least 4 members (excludes halogenated alkanes) is 27. The number of hydrogen-bond acceptors (Lipinski definition) is 3. The molecule has 0 aliphatic carbocycles. The van der Waals surface area contributed by atoms with Crippen LogP contribution in [0.4, 0.5) is 0 Å². The Morgan fingerprint density at radius 2 is 0.475 bits per heavy atom. The van der Waals surface area contributed by atoms with E-state index in [1.165, 1.54) is 180 Å². The van der Waals surface area contributed by atoms with E-state index in [1.807, 2.05) is 0 Å². The van der Waals surface area contributed by atoms with E-state index in [0.717, 1.165) is 12.8 Å². The maximum absolute atomic E-state index is 11.7. The van der Waals surface area contributed by atoms with Gasteiger partial charge in [0.15, 0.2) is 0 Å². The second kappa shape index (κ2) is 41.3. The lowest BCUT2D eigenvalue weighted by Gasteiger charge is -2.06. The second-order valence-corrected chi connectivity index (χ2v) is 13.2. The Morgan fingerprint density at radius 3 is 0.675 bits per heavy atom. The molecule has 0 aromatic heterocycles. The van der Waals surface area contributed by atoms with Gasteiger partial charge in [-0.05, 0) is 12.8 Å². The molecule has 0 saturated heterocycles. The van der Waals surface area contributed by atoms with Crippen LogP contribution in [0.3, 0.4) is 0 Å². The van der Waals surface area contributed by atoms with E-state index >= 15 is 0 Å². The molecule has 4 heteroatoms. The highest BCUT2D eigenvalue weighted by Crippen LogP contribution is 2.25. The van der Waals surface area contributed by atoms with E-state index in [0.29, 0.717) is 13.2 Å². The summed E-state index contributed by atoms with van der Waals surface area (Å²) < 4.78 is 22.4. The van der Waals surface area contributed by atoms with E-state index in [9.17, 15) is 4.57 Å². The first-order valence-electron chi connectivity index (χ1n) is 18.5. The Bertz CT molecular complexity index is 406. The predicted octanol–water partition coefficient (Wildman–Crippen LogP) is 14.2. The molecule has 3 nitrogen and oxygen atoms in total. The van der Waals surface area contributed by atoms with Gasteiger partial charge in [0.2, 0.25) is 0 Å². The molecule has 0 aromatic rings. The molecule has 0 aromatic carbocycles. The minimum Gasteiger partial charge on any atom is -0.311 e. The van der Waals surface area contributed by atoms with Crippen LogP contribution in [0.2, 0.25) is 0 Å². The van der Waals surface area contributed by atoms with Crippen LogP contribution < -0.4 is 0 Å². The van der Waals surface area contributed by atoms with Crippen LogP contribution in [0.1, 0.15) is 220 Å². The summed E-state index contributed by atoms with van der Waals surface area (Å²) in [6.07, 6.45) is 40.6. The van der Waals surface area contributed by atoms with E-state index in [4.69, 9.17) is 9.05 Å². The Kier molecular flexibility index (Phi) is 43.6.